The highest BCUT2D eigenvalue weighted by atomic mass is 35.5. The standard InChI is InChI=1S/C25H20ClFN2O2/c1-17-4-13-23(22(26)15-17)29-14-2-3-24(29)25(30)28-16-18-5-9-20(10-6-18)31-21-11-7-19(27)8-12-21/h2-15H,16H2,1H3,(H,28,30). The molecule has 0 spiro atoms. The van der Waals surface area contributed by atoms with Crippen molar-refractivity contribution in [2.24, 2.45) is 0 Å². The molecule has 1 aromatic heterocycles. The van der Waals surface area contributed by atoms with Crippen molar-refractivity contribution in [1.82, 2.24) is 9.88 Å². The number of carbonyl (C=O) groups excluding carboxylic acids is 1. The molecule has 1 N–H and O–H groups in total. The molecule has 0 saturated heterocycles. The van der Waals surface area contributed by atoms with Crippen molar-refractivity contribution >= 4 is 17.5 Å². The van der Waals surface area contributed by atoms with Crippen LogP contribution in [0.5, 0.6) is 11.5 Å². The number of halogens is 2. The van der Waals surface area contributed by atoms with E-state index in [1.165, 1.54) is 12.1 Å². The van der Waals surface area contributed by atoms with E-state index in [1.54, 1.807) is 34.9 Å². The average molecular weight is 435 g/mol. The summed E-state index contributed by atoms with van der Waals surface area (Å²) in [5.41, 5.74) is 3.23. The highest BCUT2D eigenvalue weighted by molar-refractivity contribution is 6.32. The van der Waals surface area contributed by atoms with E-state index in [1.807, 2.05) is 49.5 Å². The van der Waals surface area contributed by atoms with Crippen LogP contribution in [0.3, 0.4) is 0 Å². The molecule has 0 radical (unpaired) electrons. The van der Waals surface area contributed by atoms with Crippen LogP contribution in [0.1, 0.15) is 21.6 Å². The maximum Gasteiger partial charge on any atom is 0.268 e. The van der Waals surface area contributed by atoms with Crippen molar-refractivity contribution in [3.63, 3.8) is 0 Å². The fourth-order valence-electron chi connectivity index (χ4n) is 3.17. The van der Waals surface area contributed by atoms with Gasteiger partial charge in [-0.15, -0.1) is 0 Å². The summed E-state index contributed by atoms with van der Waals surface area (Å²) in [5, 5.41) is 3.52. The van der Waals surface area contributed by atoms with Gasteiger partial charge in [0.05, 0.1) is 10.7 Å². The SMILES string of the molecule is Cc1ccc(-n2cccc2C(=O)NCc2ccc(Oc3ccc(F)cc3)cc2)c(Cl)c1. The van der Waals surface area contributed by atoms with Crippen molar-refractivity contribution < 1.29 is 13.9 Å². The van der Waals surface area contributed by atoms with Crippen LogP contribution in [0.15, 0.2) is 85.1 Å². The van der Waals surface area contributed by atoms with Gasteiger partial charge >= 0.3 is 0 Å². The number of nitrogens with zero attached hydrogens (tertiary/aromatic N) is 1. The number of hydrogen-bond donors (Lipinski definition) is 1. The zero-order valence-corrected chi connectivity index (χ0v) is 17.6. The van der Waals surface area contributed by atoms with E-state index >= 15 is 0 Å². The minimum Gasteiger partial charge on any atom is -0.457 e. The lowest BCUT2D eigenvalue weighted by atomic mass is 10.2. The van der Waals surface area contributed by atoms with E-state index < -0.39 is 0 Å². The maximum absolute atomic E-state index is 13.0. The van der Waals surface area contributed by atoms with E-state index in [2.05, 4.69) is 5.32 Å². The Hall–Kier alpha value is -3.57. The second-order valence-corrected chi connectivity index (χ2v) is 7.51. The Morgan fingerprint density at radius 1 is 1.00 bits per heavy atom. The van der Waals surface area contributed by atoms with Gasteiger partial charge in [0.2, 0.25) is 0 Å². The minimum absolute atomic E-state index is 0.201. The highest BCUT2D eigenvalue weighted by Crippen LogP contribution is 2.24. The number of aromatic nitrogens is 1. The summed E-state index contributed by atoms with van der Waals surface area (Å²) in [6.45, 7) is 2.33. The summed E-state index contributed by atoms with van der Waals surface area (Å²) in [4.78, 5) is 12.8. The number of amides is 1. The quantitative estimate of drug-likeness (QED) is 0.387. The summed E-state index contributed by atoms with van der Waals surface area (Å²) in [6.07, 6.45) is 1.81. The first-order valence-electron chi connectivity index (χ1n) is 9.74. The van der Waals surface area contributed by atoms with Crippen molar-refractivity contribution in [2.75, 3.05) is 0 Å². The Kier molecular flexibility index (Phi) is 6.05. The molecule has 3 aromatic carbocycles. The lowest BCUT2D eigenvalue weighted by molar-refractivity contribution is 0.0944. The minimum atomic E-state index is -0.311. The number of carbonyl (C=O) groups is 1. The molecule has 0 atom stereocenters. The van der Waals surface area contributed by atoms with Crippen LogP contribution in [0.4, 0.5) is 4.39 Å². The predicted octanol–water partition coefficient (Wildman–Crippen LogP) is 6.30. The molecule has 0 aliphatic heterocycles. The normalized spacial score (nSPS) is 10.7. The van der Waals surface area contributed by atoms with E-state index in [0.29, 0.717) is 28.8 Å². The summed E-state index contributed by atoms with van der Waals surface area (Å²) < 4.78 is 20.5. The van der Waals surface area contributed by atoms with Crippen LogP contribution in [0.25, 0.3) is 5.69 Å². The van der Waals surface area contributed by atoms with Crippen LogP contribution in [-0.4, -0.2) is 10.5 Å². The summed E-state index contributed by atoms with van der Waals surface area (Å²) in [7, 11) is 0. The molecule has 0 aliphatic carbocycles. The monoisotopic (exact) mass is 434 g/mol. The summed E-state index contributed by atoms with van der Waals surface area (Å²) >= 11 is 6.37. The van der Waals surface area contributed by atoms with E-state index in [-0.39, 0.29) is 11.7 Å². The summed E-state index contributed by atoms with van der Waals surface area (Å²) in [5.74, 6) is 0.671. The molecule has 0 unspecified atom stereocenters. The molecule has 4 nitrogen and oxygen atoms in total. The largest absolute Gasteiger partial charge is 0.457 e. The predicted molar refractivity (Wildman–Crippen MR) is 120 cm³/mol. The van der Waals surface area contributed by atoms with Gasteiger partial charge < -0.3 is 14.6 Å². The van der Waals surface area contributed by atoms with Crippen molar-refractivity contribution in [1.29, 1.82) is 0 Å². The van der Waals surface area contributed by atoms with Crippen LogP contribution in [0, 0.1) is 12.7 Å². The smallest absolute Gasteiger partial charge is 0.268 e. The van der Waals surface area contributed by atoms with Gasteiger partial charge in [0.15, 0.2) is 0 Å². The molecule has 6 heteroatoms. The number of aryl methyl sites for hydroxylation is 1. The molecule has 0 aliphatic rings. The first-order valence-corrected chi connectivity index (χ1v) is 10.1. The summed E-state index contributed by atoms with van der Waals surface area (Å²) in [6, 6.07) is 22.5. The van der Waals surface area contributed by atoms with Crippen LogP contribution >= 0.6 is 11.6 Å². The van der Waals surface area contributed by atoms with E-state index in [4.69, 9.17) is 16.3 Å². The van der Waals surface area contributed by atoms with Gasteiger partial charge in [-0.25, -0.2) is 4.39 Å². The topological polar surface area (TPSA) is 43.3 Å². The molecule has 4 aromatic rings. The van der Waals surface area contributed by atoms with Crippen LogP contribution in [0.2, 0.25) is 5.02 Å². The number of benzene rings is 3. The third kappa shape index (κ3) is 4.95. The number of ether oxygens (including phenoxy) is 1. The van der Waals surface area contributed by atoms with Gasteiger partial charge in [-0.1, -0.05) is 29.8 Å². The van der Waals surface area contributed by atoms with Crippen molar-refractivity contribution in [3.05, 3.63) is 113 Å². The highest BCUT2D eigenvalue weighted by Gasteiger charge is 2.14. The first-order chi connectivity index (χ1) is 15.0. The molecule has 156 valence electrons. The molecule has 1 heterocycles. The fourth-order valence-corrected chi connectivity index (χ4v) is 3.50. The Morgan fingerprint density at radius 3 is 2.35 bits per heavy atom. The Labute approximate surface area is 184 Å². The third-order valence-corrected chi connectivity index (χ3v) is 5.07. The lowest BCUT2D eigenvalue weighted by Crippen LogP contribution is -2.25. The maximum atomic E-state index is 13.0. The second-order valence-electron chi connectivity index (χ2n) is 7.10. The van der Waals surface area contributed by atoms with Gasteiger partial charge in [-0.3, -0.25) is 4.79 Å². The molecule has 0 saturated carbocycles. The van der Waals surface area contributed by atoms with E-state index in [9.17, 15) is 9.18 Å². The fraction of sp³-hybridized carbons (Fsp3) is 0.0800. The molecular weight excluding hydrogens is 415 g/mol. The number of hydrogen-bond acceptors (Lipinski definition) is 2. The Morgan fingerprint density at radius 2 is 1.68 bits per heavy atom. The Bertz CT molecular complexity index is 1200. The van der Waals surface area contributed by atoms with E-state index in [0.717, 1.165) is 16.8 Å². The molecule has 0 bridgehead atoms. The molecule has 1 amide bonds. The van der Waals surface area contributed by atoms with Gasteiger partial charge in [0.25, 0.3) is 5.91 Å². The van der Waals surface area contributed by atoms with Crippen molar-refractivity contribution in [2.45, 2.75) is 13.5 Å². The van der Waals surface area contributed by atoms with Crippen molar-refractivity contribution in [3.8, 4) is 17.2 Å². The zero-order valence-electron chi connectivity index (χ0n) is 16.8. The number of nitrogens with one attached hydrogen (secondary N) is 1. The first kappa shape index (κ1) is 20.7. The molecule has 31 heavy (non-hydrogen) atoms. The van der Waals surface area contributed by atoms with Gasteiger partial charge in [0.1, 0.15) is 23.0 Å². The Balaban J connectivity index is 1.40. The molecular formula is C25H20ClFN2O2. The van der Waals surface area contributed by atoms with Crippen LogP contribution < -0.4 is 10.1 Å². The number of rotatable bonds is 6. The molecule has 0 fully saturated rings. The third-order valence-electron chi connectivity index (χ3n) is 4.77. The lowest BCUT2D eigenvalue weighted by Gasteiger charge is -2.12. The second kappa shape index (κ2) is 9.06. The zero-order chi connectivity index (χ0) is 21.8. The van der Waals surface area contributed by atoms with Gasteiger partial charge in [-0.2, -0.15) is 0 Å². The van der Waals surface area contributed by atoms with Gasteiger partial charge in [0, 0.05) is 12.7 Å². The van der Waals surface area contributed by atoms with Crippen LogP contribution in [-0.2, 0) is 6.54 Å². The van der Waals surface area contributed by atoms with Gasteiger partial charge in [-0.05, 0) is 78.7 Å². The average Bonchev–Trinajstić information content (AvgIpc) is 3.24. The molecule has 4 rings (SSSR count).